The highest BCUT2D eigenvalue weighted by Gasteiger charge is 2.26. The van der Waals surface area contributed by atoms with Crippen LogP contribution in [0, 0.1) is 6.92 Å². The van der Waals surface area contributed by atoms with Gasteiger partial charge in [-0.15, -0.1) is 5.10 Å². The molecule has 0 bridgehead atoms. The molecule has 1 atom stereocenters. The lowest BCUT2D eigenvalue weighted by Crippen LogP contribution is -2.34. The standard InChI is InChI=1S/C17H21N3O2S/c1-12-16(23-19-18-12)17(21)20-10-4-3-5-14(11-20)13-6-8-15(22-2)9-7-13/h6-9,14H,3-5,10-11H2,1-2H3. The number of carbonyl (C=O) groups is 1. The molecule has 1 aliphatic heterocycles. The molecule has 3 rings (SSSR count). The molecule has 0 radical (unpaired) electrons. The van der Waals surface area contributed by atoms with Gasteiger partial charge in [0.15, 0.2) is 0 Å². The lowest BCUT2D eigenvalue weighted by Gasteiger charge is -2.24. The van der Waals surface area contributed by atoms with Gasteiger partial charge in [-0.2, -0.15) is 0 Å². The molecule has 6 heteroatoms. The zero-order valence-corrected chi connectivity index (χ0v) is 14.3. The topological polar surface area (TPSA) is 55.3 Å². The highest BCUT2D eigenvalue weighted by atomic mass is 32.1. The fourth-order valence-electron chi connectivity index (χ4n) is 3.05. The predicted molar refractivity (Wildman–Crippen MR) is 90.1 cm³/mol. The second-order valence-electron chi connectivity index (χ2n) is 5.90. The SMILES string of the molecule is COc1ccc(C2CCCCN(C(=O)c3snnc3C)C2)cc1. The monoisotopic (exact) mass is 331 g/mol. The van der Waals surface area contributed by atoms with Crippen LogP contribution in [0.25, 0.3) is 0 Å². The Morgan fingerprint density at radius 1 is 1.30 bits per heavy atom. The summed E-state index contributed by atoms with van der Waals surface area (Å²) in [6.45, 7) is 3.40. The number of rotatable bonds is 3. The summed E-state index contributed by atoms with van der Waals surface area (Å²) in [5, 5.41) is 3.96. The number of hydrogen-bond acceptors (Lipinski definition) is 5. The number of nitrogens with zero attached hydrogens (tertiary/aromatic N) is 3. The van der Waals surface area contributed by atoms with Gasteiger partial charge >= 0.3 is 0 Å². The van der Waals surface area contributed by atoms with Crippen molar-refractivity contribution in [3.63, 3.8) is 0 Å². The van der Waals surface area contributed by atoms with Crippen LogP contribution in [-0.2, 0) is 0 Å². The van der Waals surface area contributed by atoms with E-state index in [1.807, 2.05) is 24.0 Å². The first-order valence-corrected chi connectivity index (χ1v) is 8.68. The Hall–Kier alpha value is -1.95. The number of likely N-dealkylation sites (tertiary alicyclic amines) is 1. The quantitative estimate of drug-likeness (QED) is 0.866. The van der Waals surface area contributed by atoms with Crippen molar-refractivity contribution in [2.75, 3.05) is 20.2 Å². The van der Waals surface area contributed by atoms with Crippen molar-refractivity contribution >= 4 is 17.4 Å². The van der Waals surface area contributed by atoms with Gasteiger partial charge in [-0.1, -0.05) is 23.0 Å². The van der Waals surface area contributed by atoms with Crippen LogP contribution in [0.3, 0.4) is 0 Å². The van der Waals surface area contributed by atoms with Gasteiger partial charge in [0, 0.05) is 19.0 Å². The van der Waals surface area contributed by atoms with Crippen molar-refractivity contribution in [2.45, 2.75) is 32.1 Å². The molecule has 0 saturated carbocycles. The van der Waals surface area contributed by atoms with Crippen molar-refractivity contribution in [2.24, 2.45) is 0 Å². The van der Waals surface area contributed by atoms with Crippen LogP contribution in [-0.4, -0.2) is 40.6 Å². The van der Waals surface area contributed by atoms with Crippen LogP contribution in [0.15, 0.2) is 24.3 Å². The molecule has 1 saturated heterocycles. The molecule has 122 valence electrons. The number of aromatic nitrogens is 2. The molecule has 1 aliphatic rings. The van der Waals surface area contributed by atoms with E-state index in [-0.39, 0.29) is 5.91 Å². The van der Waals surface area contributed by atoms with Crippen LogP contribution in [0.1, 0.15) is 46.1 Å². The highest BCUT2D eigenvalue weighted by molar-refractivity contribution is 7.07. The van der Waals surface area contributed by atoms with Crippen molar-refractivity contribution in [1.29, 1.82) is 0 Å². The van der Waals surface area contributed by atoms with Gasteiger partial charge in [0.2, 0.25) is 0 Å². The predicted octanol–water partition coefficient (Wildman–Crippen LogP) is 3.27. The number of aryl methyl sites for hydroxylation is 1. The summed E-state index contributed by atoms with van der Waals surface area (Å²) in [6, 6.07) is 8.20. The number of ether oxygens (including phenoxy) is 1. The molecule has 1 aromatic heterocycles. The smallest absolute Gasteiger partial charge is 0.267 e. The maximum atomic E-state index is 12.7. The van der Waals surface area contributed by atoms with Crippen LogP contribution in [0.5, 0.6) is 5.75 Å². The Bertz CT molecular complexity index is 669. The van der Waals surface area contributed by atoms with Gasteiger partial charge in [-0.25, -0.2) is 0 Å². The number of benzene rings is 1. The zero-order valence-electron chi connectivity index (χ0n) is 13.5. The molecular formula is C17H21N3O2S. The van der Waals surface area contributed by atoms with Gasteiger partial charge in [0.25, 0.3) is 5.91 Å². The second kappa shape index (κ2) is 7.08. The Labute approximate surface area is 140 Å². The molecule has 0 aliphatic carbocycles. The third kappa shape index (κ3) is 3.52. The lowest BCUT2D eigenvalue weighted by atomic mass is 9.94. The maximum Gasteiger partial charge on any atom is 0.267 e. The Balaban J connectivity index is 1.77. The molecule has 1 fully saturated rings. The Morgan fingerprint density at radius 3 is 2.74 bits per heavy atom. The third-order valence-electron chi connectivity index (χ3n) is 4.39. The van der Waals surface area contributed by atoms with E-state index in [1.165, 1.54) is 17.1 Å². The lowest BCUT2D eigenvalue weighted by molar-refractivity contribution is 0.0758. The van der Waals surface area contributed by atoms with Gasteiger partial charge in [-0.05, 0) is 49.0 Å². The number of methoxy groups -OCH3 is 1. The first-order chi connectivity index (χ1) is 11.2. The maximum absolute atomic E-state index is 12.7. The van der Waals surface area contributed by atoms with Crippen LogP contribution in [0.2, 0.25) is 0 Å². The Kier molecular flexibility index (Phi) is 4.91. The van der Waals surface area contributed by atoms with Crippen molar-refractivity contribution in [3.05, 3.63) is 40.4 Å². The average molecular weight is 331 g/mol. The summed E-state index contributed by atoms with van der Waals surface area (Å²) < 4.78 is 9.11. The van der Waals surface area contributed by atoms with Crippen LogP contribution in [0.4, 0.5) is 0 Å². The molecule has 1 unspecified atom stereocenters. The molecule has 5 nitrogen and oxygen atoms in total. The second-order valence-corrected chi connectivity index (χ2v) is 6.66. The largest absolute Gasteiger partial charge is 0.497 e. The molecule has 1 amide bonds. The van der Waals surface area contributed by atoms with E-state index >= 15 is 0 Å². The van der Waals surface area contributed by atoms with Crippen molar-refractivity contribution in [3.8, 4) is 5.75 Å². The normalized spacial score (nSPS) is 18.5. The van der Waals surface area contributed by atoms with E-state index in [0.29, 0.717) is 10.8 Å². The van der Waals surface area contributed by atoms with E-state index in [4.69, 9.17) is 4.74 Å². The zero-order chi connectivity index (χ0) is 16.2. The fraction of sp³-hybridized carbons (Fsp3) is 0.471. The van der Waals surface area contributed by atoms with E-state index in [0.717, 1.165) is 43.8 Å². The summed E-state index contributed by atoms with van der Waals surface area (Å²) >= 11 is 1.19. The summed E-state index contributed by atoms with van der Waals surface area (Å²) in [5.74, 6) is 1.30. The minimum atomic E-state index is 0.0675. The van der Waals surface area contributed by atoms with E-state index in [2.05, 4.69) is 21.7 Å². The molecule has 23 heavy (non-hydrogen) atoms. The highest BCUT2D eigenvalue weighted by Crippen LogP contribution is 2.29. The number of hydrogen-bond donors (Lipinski definition) is 0. The Morgan fingerprint density at radius 2 is 2.09 bits per heavy atom. The van der Waals surface area contributed by atoms with E-state index in [9.17, 15) is 4.79 Å². The van der Waals surface area contributed by atoms with Crippen molar-refractivity contribution in [1.82, 2.24) is 14.5 Å². The van der Waals surface area contributed by atoms with Crippen LogP contribution >= 0.6 is 11.5 Å². The minimum Gasteiger partial charge on any atom is -0.497 e. The molecule has 0 N–H and O–H groups in total. The molecule has 2 heterocycles. The molecular weight excluding hydrogens is 310 g/mol. The molecule has 1 aromatic carbocycles. The third-order valence-corrected chi connectivity index (χ3v) is 5.21. The number of carbonyl (C=O) groups excluding carboxylic acids is 1. The summed E-state index contributed by atoms with van der Waals surface area (Å²) in [7, 11) is 1.67. The van der Waals surface area contributed by atoms with E-state index < -0.39 is 0 Å². The van der Waals surface area contributed by atoms with E-state index in [1.54, 1.807) is 7.11 Å². The van der Waals surface area contributed by atoms with Crippen LogP contribution < -0.4 is 4.74 Å². The van der Waals surface area contributed by atoms with Gasteiger partial charge in [0.05, 0.1) is 12.8 Å². The first kappa shape index (κ1) is 15.9. The van der Waals surface area contributed by atoms with Gasteiger partial charge in [0.1, 0.15) is 10.6 Å². The first-order valence-electron chi connectivity index (χ1n) is 7.91. The van der Waals surface area contributed by atoms with Gasteiger partial charge < -0.3 is 9.64 Å². The van der Waals surface area contributed by atoms with Gasteiger partial charge in [-0.3, -0.25) is 4.79 Å². The summed E-state index contributed by atoms with van der Waals surface area (Å²) in [6.07, 6.45) is 3.29. The molecule has 2 aromatic rings. The summed E-state index contributed by atoms with van der Waals surface area (Å²) in [5.41, 5.74) is 2.00. The van der Waals surface area contributed by atoms with Crippen molar-refractivity contribution < 1.29 is 9.53 Å². The molecule has 0 spiro atoms. The minimum absolute atomic E-state index is 0.0675. The number of amides is 1. The summed E-state index contributed by atoms with van der Waals surface area (Å²) in [4.78, 5) is 15.4. The fourth-order valence-corrected chi connectivity index (χ4v) is 3.67. The average Bonchev–Trinajstić information content (AvgIpc) is 2.86.